The molecule has 44 heavy (non-hydrogen) atoms. The summed E-state index contributed by atoms with van der Waals surface area (Å²) in [4.78, 5) is 23.0. The van der Waals surface area contributed by atoms with Gasteiger partial charge in [-0.05, 0) is 61.1 Å². The number of aromatic nitrogens is 3. The zero-order chi connectivity index (χ0) is 30.6. The Morgan fingerprint density at radius 1 is 1.16 bits per heavy atom. The van der Waals surface area contributed by atoms with Gasteiger partial charge in [0.1, 0.15) is 28.6 Å². The lowest BCUT2D eigenvalue weighted by atomic mass is 10.1. The zero-order valence-electron chi connectivity index (χ0n) is 24.3. The minimum absolute atomic E-state index is 0.178. The monoisotopic (exact) mass is 622 g/mol. The van der Waals surface area contributed by atoms with E-state index in [-0.39, 0.29) is 17.5 Å². The number of carbonyl (C=O) groups is 1. The van der Waals surface area contributed by atoms with Crippen LogP contribution in [0.3, 0.4) is 0 Å². The molecule has 1 saturated carbocycles. The van der Waals surface area contributed by atoms with Crippen molar-refractivity contribution >= 4 is 28.6 Å². The second kappa shape index (κ2) is 11.2. The molecule has 8 rings (SSSR count). The summed E-state index contributed by atoms with van der Waals surface area (Å²) in [5.74, 6) is 1.71. The first-order valence-electron chi connectivity index (χ1n) is 14.6. The first-order valence-corrected chi connectivity index (χ1v) is 15.0. The number of methoxy groups -OCH3 is 1. The predicted molar refractivity (Wildman–Crippen MR) is 159 cm³/mol. The molecular weight excluding hydrogens is 591 g/mol. The quantitative estimate of drug-likeness (QED) is 0.286. The van der Waals surface area contributed by atoms with Crippen molar-refractivity contribution in [3.8, 4) is 17.2 Å². The number of aromatic carboxylic acids is 1. The molecule has 0 radical (unpaired) electrons. The highest BCUT2D eigenvalue weighted by Gasteiger charge is 2.45. The Balaban J connectivity index is 0.000000152. The molecule has 4 aromatic rings. The molecule has 4 atom stereocenters. The number of ether oxygens (including phenoxy) is 4. The molecule has 0 bridgehead atoms. The Bertz CT molecular complexity index is 1720. The number of carboxylic acid groups (broad SMARTS) is 1. The molecule has 12 heteroatoms. The minimum atomic E-state index is -1.05. The molecule has 4 aliphatic rings. The third kappa shape index (κ3) is 5.55. The van der Waals surface area contributed by atoms with Crippen LogP contribution < -0.4 is 14.2 Å². The average Bonchev–Trinajstić information content (AvgIpc) is 3.27. The fourth-order valence-corrected chi connectivity index (χ4v) is 6.25. The molecular formula is C32H32ClFN4O6. The summed E-state index contributed by atoms with van der Waals surface area (Å²) in [6.07, 6.45) is 4.09. The van der Waals surface area contributed by atoms with E-state index in [2.05, 4.69) is 14.5 Å². The third-order valence-corrected chi connectivity index (χ3v) is 8.90. The van der Waals surface area contributed by atoms with Gasteiger partial charge in [-0.1, -0.05) is 11.6 Å². The van der Waals surface area contributed by atoms with Crippen LogP contribution in [0, 0.1) is 17.7 Å². The van der Waals surface area contributed by atoms with Crippen LogP contribution >= 0.6 is 11.6 Å². The van der Waals surface area contributed by atoms with Gasteiger partial charge in [0, 0.05) is 38.9 Å². The van der Waals surface area contributed by atoms with Gasteiger partial charge in [0.2, 0.25) is 0 Å². The molecule has 3 fully saturated rings. The molecule has 4 unspecified atom stereocenters. The standard InChI is InChI=1S/C19H23N3O4.C13H9ClFNO2/c1-25-16-6-11(19(23)24)5-15-18(16)20-17(22(15)9-14-2-3-26-14)10-21-7-12-4-13(12)8-21;1-13(12-5-2-8(14)7-16-12)17-10-4-3-9(15)6-11(10)18-13/h5-6,12-14H,2-4,7-10H2,1H3,(H,23,24);2-7H,1H3. The zero-order valence-corrected chi connectivity index (χ0v) is 25.1. The highest BCUT2D eigenvalue weighted by atomic mass is 35.5. The maximum atomic E-state index is 13.1. The second-order valence-electron chi connectivity index (χ2n) is 11.8. The molecule has 2 saturated heterocycles. The molecule has 230 valence electrons. The highest BCUT2D eigenvalue weighted by molar-refractivity contribution is 6.30. The summed E-state index contributed by atoms with van der Waals surface area (Å²) in [5, 5.41) is 9.98. The summed E-state index contributed by atoms with van der Waals surface area (Å²) in [6.45, 7) is 6.31. The number of imidazole rings is 1. The normalized spacial score (nSPS) is 24.8. The van der Waals surface area contributed by atoms with Gasteiger partial charge in [0.05, 0.1) is 42.4 Å². The van der Waals surface area contributed by atoms with Crippen LogP contribution in [-0.4, -0.2) is 63.4 Å². The van der Waals surface area contributed by atoms with Gasteiger partial charge in [-0.15, -0.1) is 0 Å². The average molecular weight is 623 g/mol. The van der Waals surface area contributed by atoms with Crippen molar-refractivity contribution in [3.05, 3.63) is 76.6 Å². The SMILES string of the molecule is CC1(c2ccc(Cl)cn2)Oc2ccc(F)cc2O1.COc1cc(C(=O)O)cc2c1nc(CN1CC3CC3C1)n2CC1CCO1. The minimum Gasteiger partial charge on any atom is -0.494 e. The molecule has 2 aromatic carbocycles. The van der Waals surface area contributed by atoms with E-state index in [0.717, 1.165) is 61.4 Å². The topological polar surface area (TPSA) is 108 Å². The Hall–Kier alpha value is -3.93. The van der Waals surface area contributed by atoms with Crippen molar-refractivity contribution < 1.29 is 33.2 Å². The largest absolute Gasteiger partial charge is 0.494 e. The summed E-state index contributed by atoms with van der Waals surface area (Å²) in [7, 11) is 1.56. The number of halogens is 2. The van der Waals surface area contributed by atoms with Gasteiger partial charge in [-0.25, -0.2) is 14.2 Å². The van der Waals surface area contributed by atoms with Crippen molar-refractivity contribution in [1.29, 1.82) is 0 Å². The first-order chi connectivity index (χ1) is 21.2. The van der Waals surface area contributed by atoms with Crippen molar-refractivity contribution in [2.75, 3.05) is 26.8 Å². The van der Waals surface area contributed by atoms with Crippen molar-refractivity contribution in [2.45, 2.75) is 44.7 Å². The van der Waals surface area contributed by atoms with Crippen LogP contribution in [0.25, 0.3) is 11.0 Å². The lowest BCUT2D eigenvalue weighted by Crippen LogP contribution is -2.32. The summed E-state index contributed by atoms with van der Waals surface area (Å²) >= 11 is 5.78. The van der Waals surface area contributed by atoms with Crippen molar-refractivity contribution in [1.82, 2.24) is 19.4 Å². The Morgan fingerprint density at radius 2 is 1.93 bits per heavy atom. The van der Waals surface area contributed by atoms with Crippen LogP contribution in [0.15, 0.2) is 48.7 Å². The van der Waals surface area contributed by atoms with E-state index in [1.54, 1.807) is 38.3 Å². The van der Waals surface area contributed by atoms with Crippen LogP contribution in [0.2, 0.25) is 5.02 Å². The number of piperidine rings is 1. The van der Waals surface area contributed by atoms with Crippen molar-refractivity contribution in [2.24, 2.45) is 11.8 Å². The molecule has 5 heterocycles. The molecule has 10 nitrogen and oxygen atoms in total. The van der Waals surface area contributed by atoms with Gasteiger partial charge in [0.15, 0.2) is 11.5 Å². The lowest BCUT2D eigenvalue weighted by molar-refractivity contribution is -0.0718. The van der Waals surface area contributed by atoms with E-state index in [1.807, 2.05) is 0 Å². The Kier molecular flexibility index (Phi) is 7.34. The van der Waals surface area contributed by atoms with E-state index in [9.17, 15) is 14.3 Å². The summed E-state index contributed by atoms with van der Waals surface area (Å²) in [5.41, 5.74) is 2.34. The van der Waals surface area contributed by atoms with E-state index < -0.39 is 11.8 Å². The summed E-state index contributed by atoms with van der Waals surface area (Å²) in [6, 6.07) is 10.8. The smallest absolute Gasteiger partial charge is 0.335 e. The highest BCUT2D eigenvalue weighted by Crippen LogP contribution is 2.46. The van der Waals surface area contributed by atoms with E-state index in [4.69, 9.17) is 35.5 Å². The van der Waals surface area contributed by atoms with Gasteiger partial charge in [0.25, 0.3) is 5.79 Å². The van der Waals surface area contributed by atoms with E-state index in [0.29, 0.717) is 34.5 Å². The number of carboxylic acids is 1. The van der Waals surface area contributed by atoms with Gasteiger partial charge in [-0.2, -0.15) is 0 Å². The first kappa shape index (κ1) is 28.8. The number of benzene rings is 2. The number of hydrogen-bond donors (Lipinski definition) is 1. The predicted octanol–water partition coefficient (Wildman–Crippen LogP) is 5.50. The lowest BCUT2D eigenvalue weighted by Gasteiger charge is -2.28. The molecule has 1 aliphatic carbocycles. The fourth-order valence-electron chi connectivity index (χ4n) is 6.14. The van der Waals surface area contributed by atoms with Gasteiger partial charge < -0.3 is 28.6 Å². The Morgan fingerprint density at radius 3 is 2.59 bits per heavy atom. The van der Waals surface area contributed by atoms with E-state index >= 15 is 0 Å². The van der Waals surface area contributed by atoms with E-state index in [1.165, 1.54) is 30.8 Å². The second-order valence-corrected chi connectivity index (χ2v) is 12.3. The number of hydrogen-bond acceptors (Lipinski definition) is 8. The molecule has 0 amide bonds. The van der Waals surface area contributed by atoms with Crippen LogP contribution in [0.4, 0.5) is 4.39 Å². The molecule has 0 spiro atoms. The van der Waals surface area contributed by atoms with Crippen molar-refractivity contribution in [3.63, 3.8) is 0 Å². The molecule has 2 aromatic heterocycles. The van der Waals surface area contributed by atoms with Gasteiger partial charge in [-0.3, -0.25) is 9.88 Å². The number of pyridine rings is 1. The maximum Gasteiger partial charge on any atom is 0.335 e. The fraction of sp³-hybridized carbons (Fsp3) is 0.406. The summed E-state index contributed by atoms with van der Waals surface area (Å²) < 4.78 is 37.6. The molecule has 3 aliphatic heterocycles. The van der Waals surface area contributed by atoms with Gasteiger partial charge >= 0.3 is 5.97 Å². The number of fused-ring (bicyclic) bond motifs is 3. The number of nitrogens with zero attached hydrogens (tertiary/aromatic N) is 4. The molecule has 1 N–H and O–H groups in total. The van der Waals surface area contributed by atoms with Crippen LogP contribution in [0.5, 0.6) is 17.2 Å². The third-order valence-electron chi connectivity index (χ3n) is 8.67. The Labute approximate surface area is 258 Å². The van der Waals surface area contributed by atoms with Crippen LogP contribution in [-0.2, 0) is 23.6 Å². The number of rotatable bonds is 7. The van der Waals surface area contributed by atoms with Crippen LogP contribution in [0.1, 0.15) is 41.6 Å². The number of likely N-dealkylation sites (tertiary alicyclic amines) is 1. The maximum absolute atomic E-state index is 13.1.